The van der Waals surface area contributed by atoms with Crippen LogP contribution in [0.5, 0.6) is 17.2 Å². The van der Waals surface area contributed by atoms with Gasteiger partial charge in [0.15, 0.2) is 17.8 Å². The van der Waals surface area contributed by atoms with E-state index in [0.29, 0.717) is 36.6 Å². The number of methoxy groups -OCH3 is 2. The van der Waals surface area contributed by atoms with Crippen LogP contribution in [0.2, 0.25) is 0 Å². The van der Waals surface area contributed by atoms with Crippen LogP contribution >= 0.6 is 0 Å². The van der Waals surface area contributed by atoms with Gasteiger partial charge in [0.1, 0.15) is 12.4 Å². The first kappa shape index (κ1) is 17.5. The Morgan fingerprint density at radius 1 is 1.04 bits per heavy atom. The Morgan fingerprint density at radius 3 is 2.42 bits per heavy atom. The average molecular weight is 330 g/mol. The summed E-state index contributed by atoms with van der Waals surface area (Å²) in [5.41, 5.74) is 0.569. The van der Waals surface area contributed by atoms with Crippen LogP contribution in [-0.2, 0) is 4.74 Å². The summed E-state index contributed by atoms with van der Waals surface area (Å²) in [6, 6.07) is 11.3. The third-order valence-corrected chi connectivity index (χ3v) is 3.20. The Bertz CT molecular complexity index is 693. The van der Waals surface area contributed by atoms with E-state index in [-0.39, 0.29) is 11.3 Å². The highest BCUT2D eigenvalue weighted by Gasteiger charge is 2.16. The molecule has 0 saturated heterocycles. The molecule has 0 aliphatic rings. The molecule has 0 heterocycles. The van der Waals surface area contributed by atoms with Crippen molar-refractivity contribution in [3.8, 4) is 17.2 Å². The number of carbonyl (C=O) groups excluding carboxylic acids is 2. The van der Waals surface area contributed by atoms with Crippen LogP contribution in [0.25, 0.3) is 0 Å². The topological polar surface area (TPSA) is 71.1 Å². The van der Waals surface area contributed by atoms with Crippen LogP contribution in [-0.4, -0.2) is 39.7 Å². The number of ether oxygens (including phenoxy) is 4. The lowest BCUT2D eigenvalue weighted by Gasteiger charge is -2.11. The molecule has 0 spiro atoms. The molecule has 2 aromatic carbocycles. The van der Waals surface area contributed by atoms with E-state index in [4.69, 9.17) is 18.9 Å². The number of carbonyl (C=O) groups is 2. The molecule has 0 aliphatic carbocycles. The van der Waals surface area contributed by atoms with E-state index >= 15 is 0 Å². The highest BCUT2D eigenvalue weighted by Crippen LogP contribution is 2.30. The standard InChI is InChI=1S/C18H18O6/c1-21-10-11-23-15-8-6-13(7-9-15)18(20)24-17-14(12-19)4-3-5-16(17)22-2/h3-9,12H,10-11H2,1-2H3. The summed E-state index contributed by atoms with van der Waals surface area (Å²) in [6.07, 6.45) is 0.609. The summed E-state index contributed by atoms with van der Waals surface area (Å²) in [6.45, 7) is 0.899. The third-order valence-electron chi connectivity index (χ3n) is 3.20. The van der Waals surface area contributed by atoms with Crippen molar-refractivity contribution in [2.24, 2.45) is 0 Å². The number of esters is 1. The summed E-state index contributed by atoms with van der Waals surface area (Å²) >= 11 is 0. The minimum atomic E-state index is -0.592. The number of rotatable bonds is 8. The molecule has 0 aliphatic heterocycles. The Kier molecular flexibility index (Phi) is 6.33. The van der Waals surface area contributed by atoms with Crippen molar-refractivity contribution in [3.05, 3.63) is 53.6 Å². The van der Waals surface area contributed by atoms with Crippen molar-refractivity contribution < 1.29 is 28.5 Å². The van der Waals surface area contributed by atoms with Gasteiger partial charge in [0, 0.05) is 7.11 Å². The van der Waals surface area contributed by atoms with Gasteiger partial charge in [0.2, 0.25) is 0 Å². The molecule has 126 valence electrons. The Morgan fingerprint density at radius 2 is 1.79 bits per heavy atom. The predicted molar refractivity (Wildman–Crippen MR) is 87.2 cm³/mol. The molecule has 0 unspecified atom stereocenters. The van der Waals surface area contributed by atoms with Crippen LogP contribution in [0.3, 0.4) is 0 Å². The van der Waals surface area contributed by atoms with E-state index in [1.165, 1.54) is 7.11 Å². The van der Waals surface area contributed by atoms with Gasteiger partial charge >= 0.3 is 5.97 Å². The van der Waals surface area contributed by atoms with Crippen LogP contribution in [0, 0.1) is 0 Å². The molecule has 0 atom stereocenters. The fraction of sp³-hybridized carbons (Fsp3) is 0.222. The molecule has 0 aromatic heterocycles. The zero-order valence-electron chi connectivity index (χ0n) is 13.5. The van der Waals surface area contributed by atoms with Gasteiger partial charge in [-0.05, 0) is 36.4 Å². The SMILES string of the molecule is COCCOc1ccc(C(=O)Oc2c(C=O)cccc2OC)cc1. The summed E-state index contributed by atoms with van der Waals surface area (Å²) in [5, 5.41) is 0. The molecule has 0 saturated carbocycles. The van der Waals surface area contributed by atoms with Crippen molar-refractivity contribution >= 4 is 12.3 Å². The molecule has 24 heavy (non-hydrogen) atoms. The molecule has 0 radical (unpaired) electrons. The van der Waals surface area contributed by atoms with Gasteiger partial charge in [-0.3, -0.25) is 4.79 Å². The minimum Gasteiger partial charge on any atom is -0.493 e. The van der Waals surface area contributed by atoms with Gasteiger partial charge in [-0.2, -0.15) is 0 Å². The van der Waals surface area contributed by atoms with E-state index in [2.05, 4.69) is 0 Å². The first-order valence-corrected chi connectivity index (χ1v) is 7.25. The maximum absolute atomic E-state index is 12.3. The Hall–Kier alpha value is -2.86. The molecule has 0 fully saturated rings. The highest BCUT2D eigenvalue weighted by atomic mass is 16.6. The lowest BCUT2D eigenvalue weighted by Crippen LogP contribution is -2.11. The third kappa shape index (κ3) is 4.33. The molecule has 6 heteroatoms. The van der Waals surface area contributed by atoms with E-state index in [9.17, 15) is 9.59 Å². The van der Waals surface area contributed by atoms with Crippen LogP contribution in [0.15, 0.2) is 42.5 Å². The normalized spacial score (nSPS) is 10.1. The predicted octanol–water partition coefficient (Wildman–Crippen LogP) is 2.75. The van der Waals surface area contributed by atoms with E-state index < -0.39 is 5.97 Å². The van der Waals surface area contributed by atoms with Crippen LogP contribution < -0.4 is 14.2 Å². The quantitative estimate of drug-likeness (QED) is 0.321. The van der Waals surface area contributed by atoms with Crippen molar-refractivity contribution in [3.63, 3.8) is 0 Å². The van der Waals surface area contributed by atoms with Gasteiger partial charge in [-0.1, -0.05) is 6.07 Å². The van der Waals surface area contributed by atoms with E-state index in [1.54, 1.807) is 49.6 Å². The van der Waals surface area contributed by atoms with Crippen molar-refractivity contribution in [1.82, 2.24) is 0 Å². The van der Waals surface area contributed by atoms with Crippen LogP contribution in [0.4, 0.5) is 0 Å². The smallest absolute Gasteiger partial charge is 0.343 e. The number of hydrogen-bond acceptors (Lipinski definition) is 6. The average Bonchev–Trinajstić information content (AvgIpc) is 2.62. The molecular formula is C18H18O6. The zero-order valence-corrected chi connectivity index (χ0v) is 13.5. The summed E-state index contributed by atoms with van der Waals surface area (Å²) in [5.74, 6) is 0.438. The number of hydrogen-bond donors (Lipinski definition) is 0. The van der Waals surface area contributed by atoms with E-state index in [0.717, 1.165) is 0 Å². The van der Waals surface area contributed by atoms with Crippen LogP contribution in [0.1, 0.15) is 20.7 Å². The van der Waals surface area contributed by atoms with Gasteiger partial charge in [-0.15, -0.1) is 0 Å². The number of benzene rings is 2. The lowest BCUT2D eigenvalue weighted by atomic mass is 10.2. The summed E-state index contributed by atoms with van der Waals surface area (Å²) in [4.78, 5) is 23.4. The van der Waals surface area contributed by atoms with Gasteiger partial charge in [-0.25, -0.2) is 4.79 Å². The zero-order chi connectivity index (χ0) is 17.4. The highest BCUT2D eigenvalue weighted by molar-refractivity contribution is 5.93. The van der Waals surface area contributed by atoms with Gasteiger partial charge < -0.3 is 18.9 Å². The molecule has 2 rings (SSSR count). The molecule has 0 bridgehead atoms. The molecular weight excluding hydrogens is 312 g/mol. The fourth-order valence-electron chi connectivity index (χ4n) is 1.98. The number of aldehydes is 1. The molecule has 2 aromatic rings. The second-order valence-corrected chi connectivity index (χ2v) is 4.75. The maximum Gasteiger partial charge on any atom is 0.343 e. The first-order chi connectivity index (χ1) is 11.7. The van der Waals surface area contributed by atoms with Gasteiger partial charge in [0.25, 0.3) is 0 Å². The van der Waals surface area contributed by atoms with Crippen molar-refractivity contribution in [2.75, 3.05) is 27.4 Å². The van der Waals surface area contributed by atoms with E-state index in [1.807, 2.05) is 0 Å². The second-order valence-electron chi connectivity index (χ2n) is 4.75. The minimum absolute atomic E-state index is 0.0976. The van der Waals surface area contributed by atoms with Crippen molar-refractivity contribution in [2.45, 2.75) is 0 Å². The Labute approximate surface area is 139 Å². The van der Waals surface area contributed by atoms with Gasteiger partial charge in [0.05, 0.1) is 24.8 Å². The largest absolute Gasteiger partial charge is 0.493 e. The Balaban J connectivity index is 2.11. The summed E-state index contributed by atoms with van der Waals surface area (Å²) in [7, 11) is 3.03. The monoisotopic (exact) mass is 330 g/mol. The molecule has 6 nitrogen and oxygen atoms in total. The van der Waals surface area contributed by atoms with Crippen molar-refractivity contribution in [1.29, 1.82) is 0 Å². The maximum atomic E-state index is 12.3. The number of para-hydroxylation sites is 1. The molecule has 0 N–H and O–H groups in total. The fourth-order valence-corrected chi connectivity index (χ4v) is 1.98. The molecule has 0 amide bonds. The lowest BCUT2D eigenvalue weighted by molar-refractivity contribution is 0.0728. The first-order valence-electron chi connectivity index (χ1n) is 7.25. The second kappa shape index (κ2) is 8.69. The summed E-state index contributed by atoms with van der Waals surface area (Å²) < 4.78 is 20.8.